The second kappa shape index (κ2) is 4.82. The maximum absolute atomic E-state index is 10.4. The molecule has 3 nitrogen and oxygen atoms in total. The molecule has 3 heteroatoms. The number of ether oxygens (including phenoxy) is 1. The van der Waals surface area contributed by atoms with Crippen molar-refractivity contribution in [1.82, 2.24) is 0 Å². The molecule has 0 heterocycles. The van der Waals surface area contributed by atoms with Gasteiger partial charge in [-0.1, -0.05) is 26.0 Å². The summed E-state index contributed by atoms with van der Waals surface area (Å²) >= 11 is 0. The molecule has 82 valence electrons. The van der Waals surface area contributed by atoms with Crippen molar-refractivity contribution >= 4 is 5.97 Å². The van der Waals surface area contributed by atoms with Crippen LogP contribution in [0, 0.1) is 0 Å². The smallest absolute Gasteiger partial charge is 0.135 e. The Balaban J connectivity index is 2.68. The minimum atomic E-state index is -1.21. The van der Waals surface area contributed by atoms with Crippen molar-refractivity contribution in [2.45, 2.75) is 32.8 Å². The predicted octanol–water partition coefficient (Wildman–Crippen LogP) is 1.33. The molecule has 0 saturated carbocycles. The van der Waals surface area contributed by atoms with Crippen LogP contribution in [0.4, 0.5) is 0 Å². The molecule has 0 aromatic heterocycles. The van der Waals surface area contributed by atoms with E-state index in [1.807, 2.05) is 12.1 Å². The minimum absolute atomic E-state index is 0.456. The zero-order chi connectivity index (χ0) is 11.4. The van der Waals surface area contributed by atoms with Crippen LogP contribution >= 0.6 is 0 Å². The first kappa shape index (κ1) is 11.6. The molecule has 1 atom stereocenters. The molecule has 0 unspecified atom stereocenters. The van der Waals surface area contributed by atoms with Crippen molar-refractivity contribution in [3.05, 3.63) is 29.8 Å². The van der Waals surface area contributed by atoms with E-state index >= 15 is 0 Å². The second-order valence-electron chi connectivity index (χ2n) is 3.80. The number of carboxylic acid groups (broad SMARTS) is 1. The third kappa shape index (κ3) is 3.27. The molecule has 0 N–H and O–H groups in total. The van der Waals surface area contributed by atoms with Crippen LogP contribution in [0.1, 0.15) is 32.3 Å². The highest BCUT2D eigenvalue weighted by Crippen LogP contribution is 2.19. The van der Waals surface area contributed by atoms with Crippen molar-refractivity contribution < 1.29 is 14.6 Å². The van der Waals surface area contributed by atoms with Gasteiger partial charge in [-0.15, -0.1) is 0 Å². The van der Waals surface area contributed by atoms with Crippen molar-refractivity contribution in [1.29, 1.82) is 0 Å². The van der Waals surface area contributed by atoms with E-state index in [0.717, 1.165) is 0 Å². The molecule has 0 saturated heterocycles. The van der Waals surface area contributed by atoms with Crippen LogP contribution in [0.5, 0.6) is 5.75 Å². The summed E-state index contributed by atoms with van der Waals surface area (Å²) in [4.78, 5) is 10.4. The Morgan fingerprint density at radius 2 is 1.73 bits per heavy atom. The van der Waals surface area contributed by atoms with Gasteiger partial charge in [-0.25, -0.2) is 0 Å². The lowest BCUT2D eigenvalue weighted by atomic mass is 10.0. The van der Waals surface area contributed by atoms with Gasteiger partial charge in [0.25, 0.3) is 0 Å². The van der Waals surface area contributed by atoms with E-state index in [4.69, 9.17) is 4.74 Å². The molecule has 0 fully saturated rings. The van der Waals surface area contributed by atoms with Crippen LogP contribution in [0.2, 0.25) is 0 Å². The Labute approximate surface area is 89.7 Å². The Kier molecular flexibility index (Phi) is 3.72. The van der Waals surface area contributed by atoms with Gasteiger partial charge in [0.1, 0.15) is 11.9 Å². The fraction of sp³-hybridized carbons (Fsp3) is 0.417. The lowest BCUT2D eigenvalue weighted by molar-refractivity contribution is -0.312. The van der Waals surface area contributed by atoms with Gasteiger partial charge in [0, 0.05) is 0 Å². The maximum atomic E-state index is 10.4. The summed E-state index contributed by atoms with van der Waals surface area (Å²) < 4.78 is 5.15. The molecule has 15 heavy (non-hydrogen) atoms. The maximum Gasteiger partial charge on any atom is 0.135 e. The topological polar surface area (TPSA) is 49.4 Å². The summed E-state index contributed by atoms with van der Waals surface area (Å²) in [5.41, 5.74) is 1.20. The highest BCUT2D eigenvalue weighted by molar-refractivity contribution is 5.69. The van der Waals surface area contributed by atoms with E-state index in [1.165, 1.54) is 12.5 Å². The van der Waals surface area contributed by atoms with Crippen LogP contribution in [0.25, 0.3) is 0 Å². The standard InChI is InChI=1S/C12H16O3/c1-8(2)10-4-6-11(7-5-10)15-9(3)12(13)14/h4-9H,1-3H3,(H,13,14)/p-1/t9-/m1/s1. The van der Waals surface area contributed by atoms with E-state index in [1.54, 1.807) is 12.1 Å². The summed E-state index contributed by atoms with van der Waals surface area (Å²) in [6.45, 7) is 5.64. The van der Waals surface area contributed by atoms with Crippen LogP contribution in [-0.2, 0) is 4.79 Å². The zero-order valence-corrected chi connectivity index (χ0v) is 9.19. The molecule has 1 aromatic rings. The molecule has 1 aromatic carbocycles. The summed E-state index contributed by atoms with van der Waals surface area (Å²) in [5, 5.41) is 10.4. The quantitative estimate of drug-likeness (QED) is 0.748. The Morgan fingerprint density at radius 1 is 1.20 bits per heavy atom. The monoisotopic (exact) mass is 207 g/mol. The highest BCUT2D eigenvalue weighted by atomic mass is 16.5. The van der Waals surface area contributed by atoms with Crippen LogP contribution in [0.3, 0.4) is 0 Å². The summed E-state index contributed by atoms with van der Waals surface area (Å²) in [5.74, 6) is -0.198. The molecule has 0 aliphatic rings. The van der Waals surface area contributed by atoms with Gasteiger partial charge in [-0.05, 0) is 30.5 Å². The predicted molar refractivity (Wildman–Crippen MR) is 55.6 cm³/mol. The molecular formula is C12H15O3-. The molecular weight excluding hydrogens is 192 g/mol. The van der Waals surface area contributed by atoms with Crippen LogP contribution < -0.4 is 9.84 Å². The van der Waals surface area contributed by atoms with E-state index in [0.29, 0.717) is 11.7 Å². The number of rotatable bonds is 4. The largest absolute Gasteiger partial charge is 0.546 e. The molecule has 0 amide bonds. The van der Waals surface area contributed by atoms with E-state index in [-0.39, 0.29) is 0 Å². The molecule has 0 aliphatic carbocycles. The van der Waals surface area contributed by atoms with Crippen molar-refractivity contribution in [3.8, 4) is 5.75 Å². The number of hydrogen-bond acceptors (Lipinski definition) is 3. The number of aliphatic carboxylic acids is 1. The number of carbonyl (C=O) groups excluding carboxylic acids is 1. The Bertz CT molecular complexity index is 327. The minimum Gasteiger partial charge on any atom is -0.546 e. The third-order valence-electron chi connectivity index (χ3n) is 2.19. The van der Waals surface area contributed by atoms with Crippen molar-refractivity contribution in [3.63, 3.8) is 0 Å². The molecule has 0 bridgehead atoms. The van der Waals surface area contributed by atoms with E-state index < -0.39 is 12.1 Å². The van der Waals surface area contributed by atoms with Gasteiger partial charge in [-0.2, -0.15) is 0 Å². The van der Waals surface area contributed by atoms with E-state index in [9.17, 15) is 9.90 Å². The first-order chi connectivity index (χ1) is 7.00. The van der Waals surface area contributed by atoms with Gasteiger partial charge < -0.3 is 14.6 Å². The summed E-state index contributed by atoms with van der Waals surface area (Å²) in [7, 11) is 0. The molecule has 0 aliphatic heterocycles. The Hall–Kier alpha value is -1.51. The fourth-order valence-corrected chi connectivity index (χ4v) is 1.18. The zero-order valence-electron chi connectivity index (χ0n) is 9.19. The Morgan fingerprint density at radius 3 is 2.13 bits per heavy atom. The molecule has 0 spiro atoms. The second-order valence-corrected chi connectivity index (χ2v) is 3.80. The molecule has 0 radical (unpaired) electrons. The van der Waals surface area contributed by atoms with Gasteiger partial charge in [-0.3, -0.25) is 0 Å². The molecule has 1 rings (SSSR count). The lowest BCUT2D eigenvalue weighted by Gasteiger charge is -2.15. The van der Waals surface area contributed by atoms with Gasteiger partial charge >= 0.3 is 0 Å². The first-order valence-electron chi connectivity index (χ1n) is 4.98. The van der Waals surface area contributed by atoms with Crippen LogP contribution in [-0.4, -0.2) is 12.1 Å². The lowest BCUT2D eigenvalue weighted by Crippen LogP contribution is -2.37. The average Bonchev–Trinajstić information content (AvgIpc) is 2.18. The van der Waals surface area contributed by atoms with E-state index in [2.05, 4.69) is 13.8 Å². The normalized spacial score (nSPS) is 12.5. The number of carboxylic acids is 1. The number of hydrogen-bond donors (Lipinski definition) is 0. The fourth-order valence-electron chi connectivity index (χ4n) is 1.18. The third-order valence-corrected chi connectivity index (χ3v) is 2.19. The highest BCUT2D eigenvalue weighted by Gasteiger charge is 2.05. The summed E-state index contributed by atoms with van der Waals surface area (Å²) in [6, 6.07) is 7.41. The van der Waals surface area contributed by atoms with Crippen LogP contribution in [0.15, 0.2) is 24.3 Å². The van der Waals surface area contributed by atoms with Crippen molar-refractivity contribution in [2.75, 3.05) is 0 Å². The number of carbonyl (C=O) groups is 1. The van der Waals surface area contributed by atoms with Gasteiger partial charge in [0.15, 0.2) is 0 Å². The SMILES string of the molecule is CC(C)c1ccc(O[C@H](C)C(=O)[O-])cc1. The average molecular weight is 207 g/mol. The van der Waals surface area contributed by atoms with Gasteiger partial charge in [0.2, 0.25) is 0 Å². The number of benzene rings is 1. The summed E-state index contributed by atoms with van der Waals surface area (Å²) in [6.07, 6.45) is -0.921. The first-order valence-corrected chi connectivity index (χ1v) is 4.98. The van der Waals surface area contributed by atoms with Crippen molar-refractivity contribution in [2.24, 2.45) is 0 Å². The van der Waals surface area contributed by atoms with Gasteiger partial charge in [0.05, 0.1) is 5.97 Å².